The first-order valence-electron chi connectivity index (χ1n) is 5.09. The van der Waals surface area contributed by atoms with Crippen molar-refractivity contribution in [3.63, 3.8) is 0 Å². The Labute approximate surface area is 92.0 Å². The van der Waals surface area contributed by atoms with Gasteiger partial charge in [0.25, 0.3) is 0 Å². The van der Waals surface area contributed by atoms with Crippen LogP contribution in [-0.2, 0) is 11.8 Å². The Morgan fingerprint density at radius 2 is 2.50 bits per heavy atom. The molecule has 2 aromatic heterocycles. The van der Waals surface area contributed by atoms with E-state index in [9.17, 15) is 4.79 Å². The van der Waals surface area contributed by atoms with E-state index in [2.05, 4.69) is 10.3 Å². The fourth-order valence-electron chi connectivity index (χ4n) is 2.07. The van der Waals surface area contributed by atoms with E-state index >= 15 is 0 Å². The Kier molecular flexibility index (Phi) is 1.86. The number of alkyl carbamates (subject to hydrolysis) is 1. The van der Waals surface area contributed by atoms with Crippen molar-refractivity contribution >= 4 is 17.1 Å². The number of pyridine rings is 1. The van der Waals surface area contributed by atoms with Crippen LogP contribution in [-0.4, -0.2) is 22.3 Å². The second kappa shape index (κ2) is 3.23. The van der Waals surface area contributed by atoms with Crippen LogP contribution in [0.1, 0.15) is 11.6 Å². The second-order valence-corrected chi connectivity index (χ2v) is 3.87. The van der Waals surface area contributed by atoms with Crippen LogP contribution in [0.4, 0.5) is 4.79 Å². The average Bonchev–Trinajstić information content (AvgIpc) is 2.84. The number of carbonyl (C=O) groups is 1. The number of ether oxygens (including phenoxy) is 1. The number of nitrogens with one attached hydrogen (secondary N) is 1. The monoisotopic (exact) mass is 217 g/mol. The van der Waals surface area contributed by atoms with E-state index in [4.69, 9.17) is 4.74 Å². The molecule has 3 heterocycles. The molecule has 0 spiro atoms. The summed E-state index contributed by atoms with van der Waals surface area (Å²) in [5, 5.41) is 3.83. The molecule has 0 saturated carbocycles. The third-order valence-corrected chi connectivity index (χ3v) is 2.81. The van der Waals surface area contributed by atoms with E-state index in [0.29, 0.717) is 6.61 Å². The lowest BCUT2D eigenvalue weighted by Crippen LogP contribution is -2.17. The number of hydrogen-bond donors (Lipinski definition) is 1. The van der Waals surface area contributed by atoms with Crippen molar-refractivity contribution in [2.24, 2.45) is 7.05 Å². The summed E-state index contributed by atoms with van der Waals surface area (Å²) < 4.78 is 6.85. The molecule has 5 nitrogen and oxygen atoms in total. The molecule has 16 heavy (non-hydrogen) atoms. The summed E-state index contributed by atoms with van der Waals surface area (Å²) >= 11 is 0. The minimum absolute atomic E-state index is 0.0691. The molecule has 0 aliphatic carbocycles. The lowest BCUT2D eigenvalue weighted by Gasteiger charge is -2.04. The molecule has 1 fully saturated rings. The fraction of sp³-hybridized carbons (Fsp3) is 0.273. The van der Waals surface area contributed by atoms with Gasteiger partial charge in [0.1, 0.15) is 12.3 Å². The zero-order chi connectivity index (χ0) is 11.1. The largest absolute Gasteiger partial charge is 0.447 e. The summed E-state index contributed by atoms with van der Waals surface area (Å²) in [4.78, 5) is 15.3. The normalized spacial score (nSPS) is 19.8. The quantitative estimate of drug-likeness (QED) is 0.784. The molecule has 1 aliphatic heterocycles. The Morgan fingerprint density at radius 3 is 3.25 bits per heavy atom. The Morgan fingerprint density at radius 1 is 1.62 bits per heavy atom. The highest BCUT2D eigenvalue weighted by Crippen LogP contribution is 2.26. The number of nitrogens with zero attached hydrogens (tertiary/aromatic N) is 2. The van der Waals surface area contributed by atoms with Crippen LogP contribution in [0.15, 0.2) is 24.5 Å². The van der Waals surface area contributed by atoms with Gasteiger partial charge in [0.15, 0.2) is 0 Å². The SMILES string of the molecule is Cn1cc(C2COC(=O)N2)c2cccnc21. The van der Waals surface area contributed by atoms with E-state index in [1.807, 2.05) is 29.9 Å². The maximum absolute atomic E-state index is 11.0. The standard InChI is InChI=1S/C11H11N3O2/c1-14-5-8(9-6-16-11(15)13-9)7-3-2-4-12-10(7)14/h2-5,9H,6H2,1H3,(H,13,15). The molecule has 82 valence electrons. The smallest absolute Gasteiger partial charge is 0.407 e. The number of carbonyl (C=O) groups excluding carboxylic acids is 1. The molecule has 2 aromatic rings. The third kappa shape index (κ3) is 1.25. The van der Waals surface area contributed by atoms with Crippen LogP contribution >= 0.6 is 0 Å². The molecule has 1 unspecified atom stereocenters. The molecule has 1 saturated heterocycles. The number of aromatic nitrogens is 2. The van der Waals surface area contributed by atoms with E-state index in [1.165, 1.54) is 0 Å². The highest BCUT2D eigenvalue weighted by Gasteiger charge is 2.26. The summed E-state index contributed by atoms with van der Waals surface area (Å²) in [5.41, 5.74) is 1.97. The van der Waals surface area contributed by atoms with E-state index < -0.39 is 0 Å². The van der Waals surface area contributed by atoms with Gasteiger partial charge in [-0.3, -0.25) is 0 Å². The van der Waals surface area contributed by atoms with Crippen molar-refractivity contribution in [2.75, 3.05) is 6.61 Å². The Hall–Kier alpha value is -2.04. The second-order valence-electron chi connectivity index (χ2n) is 3.87. The zero-order valence-electron chi connectivity index (χ0n) is 8.80. The number of fused-ring (bicyclic) bond motifs is 1. The first-order chi connectivity index (χ1) is 7.75. The van der Waals surface area contributed by atoms with Crippen molar-refractivity contribution in [3.05, 3.63) is 30.1 Å². The Bertz CT molecular complexity index is 561. The van der Waals surface area contributed by atoms with Gasteiger partial charge in [0, 0.05) is 30.4 Å². The molecule has 3 rings (SSSR count). The van der Waals surface area contributed by atoms with Crippen LogP contribution in [0.3, 0.4) is 0 Å². The number of aryl methyl sites for hydroxylation is 1. The van der Waals surface area contributed by atoms with Gasteiger partial charge < -0.3 is 14.6 Å². The molecule has 5 heteroatoms. The van der Waals surface area contributed by atoms with E-state index in [1.54, 1.807) is 6.20 Å². The molecule has 1 atom stereocenters. The van der Waals surface area contributed by atoms with Crippen LogP contribution < -0.4 is 5.32 Å². The van der Waals surface area contributed by atoms with Gasteiger partial charge in [-0.15, -0.1) is 0 Å². The van der Waals surface area contributed by atoms with Crippen LogP contribution in [0.2, 0.25) is 0 Å². The molecule has 0 aromatic carbocycles. The number of rotatable bonds is 1. The van der Waals surface area contributed by atoms with Gasteiger partial charge in [0.05, 0.1) is 6.04 Å². The molecule has 1 N–H and O–H groups in total. The molecular formula is C11H11N3O2. The topological polar surface area (TPSA) is 56.1 Å². The lowest BCUT2D eigenvalue weighted by atomic mass is 10.1. The van der Waals surface area contributed by atoms with Gasteiger partial charge in [0.2, 0.25) is 0 Å². The minimum Gasteiger partial charge on any atom is -0.447 e. The molecule has 0 bridgehead atoms. The first-order valence-corrected chi connectivity index (χ1v) is 5.09. The lowest BCUT2D eigenvalue weighted by molar-refractivity contribution is 0.177. The molecule has 1 aliphatic rings. The number of cyclic esters (lactones) is 1. The van der Waals surface area contributed by atoms with Crippen molar-refractivity contribution < 1.29 is 9.53 Å². The fourth-order valence-corrected chi connectivity index (χ4v) is 2.07. The molecular weight excluding hydrogens is 206 g/mol. The van der Waals surface area contributed by atoms with Crippen molar-refractivity contribution in [2.45, 2.75) is 6.04 Å². The summed E-state index contributed by atoms with van der Waals surface area (Å²) in [7, 11) is 1.94. The highest BCUT2D eigenvalue weighted by atomic mass is 16.6. The van der Waals surface area contributed by atoms with Gasteiger partial charge in [-0.05, 0) is 12.1 Å². The van der Waals surface area contributed by atoms with Gasteiger partial charge in [-0.2, -0.15) is 0 Å². The summed E-state index contributed by atoms with van der Waals surface area (Å²) in [5.74, 6) is 0. The van der Waals surface area contributed by atoms with Crippen molar-refractivity contribution in [1.82, 2.24) is 14.9 Å². The van der Waals surface area contributed by atoms with Crippen molar-refractivity contribution in [1.29, 1.82) is 0 Å². The maximum atomic E-state index is 11.0. The van der Waals surface area contributed by atoms with Crippen LogP contribution in [0.5, 0.6) is 0 Å². The van der Waals surface area contributed by atoms with Crippen LogP contribution in [0.25, 0.3) is 11.0 Å². The maximum Gasteiger partial charge on any atom is 0.407 e. The summed E-state index contributed by atoms with van der Waals surface area (Å²) in [6, 6.07) is 3.83. The number of amides is 1. The average molecular weight is 217 g/mol. The van der Waals surface area contributed by atoms with Crippen LogP contribution in [0, 0.1) is 0 Å². The molecule has 1 amide bonds. The highest BCUT2D eigenvalue weighted by molar-refractivity contribution is 5.82. The summed E-state index contributed by atoms with van der Waals surface area (Å²) in [6.07, 6.45) is 3.39. The first kappa shape index (κ1) is 9.21. The van der Waals surface area contributed by atoms with Gasteiger partial charge >= 0.3 is 6.09 Å². The van der Waals surface area contributed by atoms with Crippen molar-refractivity contribution in [3.8, 4) is 0 Å². The zero-order valence-corrected chi connectivity index (χ0v) is 8.80. The summed E-state index contributed by atoms with van der Waals surface area (Å²) in [6.45, 7) is 0.382. The minimum atomic E-state index is -0.356. The number of hydrogen-bond acceptors (Lipinski definition) is 3. The predicted molar refractivity (Wildman–Crippen MR) is 57.9 cm³/mol. The third-order valence-electron chi connectivity index (χ3n) is 2.81. The van der Waals surface area contributed by atoms with E-state index in [0.717, 1.165) is 16.6 Å². The van der Waals surface area contributed by atoms with Gasteiger partial charge in [-0.25, -0.2) is 9.78 Å². The van der Waals surface area contributed by atoms with E-state index in [-0.39, 0.29) is 12.1 Å². The molecule has 0 radical (unpaired) electrons. The predicted octanol–water partition coefficient (Wildman–Crippen LogP) is 1.35. The van der Waals surface area contributed by atoms with Gasteiger partial charge in [-0.1, -0.05) is 0 Å². The Balaban J connectivity index is 2.13.